The number of hydrogen-bond donors (Lipinski definition) is 0. The number of fused-ring (bicyclic) bond motifs is 1. The van der Waals surface area contributed by atoms with Crippen LogP contribution >= 0.6 is 11.3 Å². The molecule has 33 heavy (non-hydrogen) atoms. The van der Waals surface area contributed by atoms with E-state index in [1.165, 1.54) is 22.8 Å². The van der Waals surface area contributed by atoms with Crippen LogP contribution in [0.25, 0.3) is 10.2 Å². The van der Waals surface area contributed by atoms with Gasteiger partial charge in [0.25, 0.3) is 5.91 Å². The Morgan fingerprint density at radius 3 is 2.42 bits per heavy atom. The number of hydrogen-bond acceptors (Lipinski definition) is 6. The van der Waals surface area contributed by atoms with Crippen LogP contribution in [0, 0.1) is 5.92 Å². The van der Waals surface area contributed by atoms with Crippen LogP contribution in [0.2, 0.25) is 0 Å². The van der Waals surface area contributed by atoms with Crippen molar-refractivity contribution in [1.29, 1.82) is 0 Å². The fourth-order valence-electron chi connectivity index (χ4n) is 3.90. The van der Waals surface area contributed by atoms with Gasteiger partial charge in [0.05, 0.1) is 28.8 Å². The average molecular weight is 490 g/mol. The van der Waals surface area contributed by atoms with Gasteiger partial charge in [-0.3, -0.25) is 4.79 Å². The maximum absolute atomic E-state index is 12.9. The molecule has 0 aliphatic carbocycles. The Morgan fingerprint density at radius 2 is 1.79 bits per heavy atom. The van der Waals surface area contributed by atoms with Gasteiger partial charge in [0, 0.05) is 26.1 Å². The Labute approximate surface area is 197 Å². The van der Waals surface area contributed by atoms with Crippen molar-refractivity contribution in [3.8, 4) is 11.5 Å². The Hall–Kier alpha value is -2.69. The number of aryl methyl sites for hydroxylation is 1. The quantitative estimate of drug-likeness (QED) is 0.531. The van der Waals surface area contributed by atoms with Crippen molar-refractivity contribution in [3.05, 3.63) is 47.3 Å². The standard InChI is InChI=1S/C23H27N3O5S2/c1-4-31-18-7-10-20-21(15-18)32-23(25(20)2)24-22(27)16-11-13-26(14-12-16)33(28,29)19-8-5-17(30-3)6-9-19/h5-10,15-16H,4,11-14H2,1-3H3. The summed E-state index contributed by atoms with van der Waals surface area (Å²) < 4.78 is 40.9. The van der Waals surface area contributed by atoms with Gasteiger partial charge in [-0.05, 0) is 62.2 Å². The van der Waals surface area contributed by atoms with Crippen LogP contribution in [0.15, 0.2) is 52.4 Å². The fourth-order valence-corrected chi connectivity index (χ4v) is 6.42. The third kappa shape index (κ3) is 4.83. The Morgan fingerprint density at radius 1 is 1.12 bits per heavy atom. The predicted octanol–water partition coefficient (Wildman–Crippen LogP) is 3.18. The van der Waals surface area contributed by atoms with Crippen LogP contribution in [-0.4, -0.2) is 50.0 Å². The van der Waals surface area contributed by atoms with Crippen LogP contribution in [-0.2, 0) is 21.9 Å². The second-order valence-electron chi connectivity index (χ2n) is 7.81. The highest BCUT2D eigenvalue weighted by Gasteiger charge is 2.32. The Balaban J connectivity index is 1.47. The number of rotatable bonds is 6. The number of benzene rings is 2. The van der Waals surface area contributed by atoms with Gasteiger partial charge in [-0.15, -0.1) is 0 Å². The summed E-state index contributed by atoms with van der Waals surface area (Å²) in [4.78, 5) is 18.1. The first-order valence-corrected chi connectivity index (χ1v) is 13.0. The van der Waals surface area contributed by atoms with Gasteiger partial charge in [0.1, 0.15) is 11.5 Å². The van der Waals surface area contributed by atoms with Gasteiger partial charge in [-0.1, -0.05) is 11.3 Å². The molecule has 10 heteroatoms. The molecule has 0 N–H and O–H groups in total. The van der Waals surface area contributed by atoms with E-state index in [1.54, 1.807) is 24.3 Å². The van der Waals surface area contributed by atoms with E-state index < -0.39 is 10.0 Å². The predicted molar refractivity (Wildman–Crippen MR) is 127 cm³/mol. The molecule has 1 aromatic heterocycles. The van der Waals surface area contributed by atoms with Crippen molar-refractivity contribution in [2.24, 2.45) is 18.0 Å². The summed E-state index contributed by atoms with van der Waals surface area (Å²) in [5.74, 6) is 0.888. The van der Waals surface area contributed by atoms with E-state index in [0.29, 0.717) is 30.0 Å². The molecule has 1 aliphatic rings. The summed E-state index contributed by atoms with van der Waals surface area (Å²) in [6, 6.07) is 12.2. The number of thiazole rings is 1. The van der Waals surface area contributed by atoms with Crippen molar-refractivity contribution in [3.63, 3.8) is 0 Å². The van der Waals surface area contributed by atoms with Crippen molar-refractivity contribution < 1.29 is 22.7 Å². The van der Waals surface area contributed by atoms with Crippen molar-refractivity contribution in [2.45, 2.75) is 24.7 Å². The van der Waals surface area contributed by atoms with E-state index >= 15 is 0 Å². The maximum Gasteiger partial charge on any atom is 0.251 e. The zero-order chi connectivity index (χ0) is 23.6. The fraction of sp³-hybridized carbons (Fsp3) is 0.391. The molecule has 0 radical (unpaired) electrons. The van der Waals surface area contributed by atoms with E-state index in [4.69, 9.17) is 9.47 Å². The summed E-state index contributed by atoms with van der Waals surface area (Å²) >= 11 is 1.44. The highest BCUT2D eigenvalue weighted by Crippen LogP contribution is 2.26. The number of ether oxygens (including phenoxy) is 2. The Kier molecular flexibility index (Phi) is 6.87. The van der Waals surface area contributed by atoms with Gasteiger partial charge in [-0.2, -0.15) is 9.30 Å². The normalized spacial score (nSPS) is 16.3. The number of sulfonamides is 1. The Bertz CT molecular complexity index is 1320. The number of nitrogens with zero attached hydrogens (tertiary/aromatic N) is 3. The van der Waals surface area contributed by atoms with E-state index in [-0.39, 0.29) is 29.8 Å². The minimum atomic E-state index is -3.61. The first-order chi connectivity index (χ1) is 15.8. The molecule has 0 atom stereocenters. The molecule has 8 nitrogen and oxygen atoms in total. The zero-order valence-corrected chi connectivity index (χ0v) is 20.5. The summed E-state index contributed by atoms with van der Waals surface area (Å²) in [5.41, 5.74) is 0.982. The molecule has 2 heterocycles. The average Bonchev–Trinajstić information content (AvgIpc) is 3.13. The number of carbonyl (C=O) groups is 1. The van der Waals surface area contributed by atoms with E-state index in [0.717, 1.165) is 16.0 Å². The molecule has 0 unspecified atom stereocenters. The molecule has 1 fully saturated rings. The van der Waals surface area contributed by atoms with Crippen LogP contribution in [0.1, 0.15) is 19.8 Å². The van der Waals surface area contributed by atoms with Gasteiger partial charge in [-0.25, -0.2) is 8.42 Å². The van der Waals surface area contributed by atoms with Crippen LogP contribution in [0.5, 0.6) is 11.5 Å². The third-order valence-electron chi connectivity index (χ3n) is 5.80. The number of carbonyl (C=O) groups excluding carboxylic acids is 1. The minimum absolute atomic E-state index is 0.205. The second-order valence-corrected chi connectivity index (χ2v) is 10.8. The molecule has 1 aliphatic heterocycles. The molecule has 1 amide bonds. The summed E-state index contributed by atoms with van der Waals surface area (Å²) in [7, 11) is -0.187. The highest BCUT2D eigenvalue weighted by molar-refractivity contribution is 7.89. The molecule has 1 saturated heterocycles. The lowest BCUT2D eigenvalue weighted by Crippen LogP contribution is -2.40. The molecule has 0 spiro atoms. The minimum Gasteiger partial charge on any atom is -0.497 e. The van der Waals surface area contributed by atoms with Crippen molar-refractivity contribution in [1.82, 2.24) is 8.87 Å². The van der Waals surface area contributed by atoms with Gasteiger partial charge in [0.15, 0.2) is 4.80 Å². The molecular weight excluding hydrogens is 462 g/mol. The SMILES string of the molecule is CCOc1ccc2c(c1)sc(=NC(=O)C1CCN(S(=O)(=O)c3ccc(OC)cc3)CC1)n2C. The van der Waals surface area contributed by atoms with Gasteiger partial charge >= 0.3 is 0 Å². The van der Waals surface area contributed by atoms with Crippen LogP contribution in [0.3, 0.4) is 0 Å². The zero-order valence-electron chi connectivity index (χ0n) is 18.9. The molecule has 2 aromatic carbocycles. The maximum atomic E-state index is 12.9. The van der Waals surface area contributed by atoms with E-state index in [1.807, 2.05) is 36.7 Å². The highest BCUT2D eigenvalue weighted by atomic mass is 32.2. The number of aromatic nitrogens is 1. The molecule has 0 bridgehead atoms. The molecule has 0 saturated carbocycles. The smallest absolute Gasteiger partial charge is 0.251 e. The molecule has 3 aromatic rings. The second kappa shape index (κ2) is 9.66. The number of amides is 1. The number of piperidine rings is 1. The van der Waals surface area contributed by atoms with E-state index in [2.05, 4.69) is 4.99 Å². The summed E-state index contributed by atoms with van der Waals surface area (Å²) in [6.07, 6.45) is 0.891. The summed E-state index contributed by atoms with van der Waals surface area (Å²) in [5, 5.41) is 0. The van der Waals surface area contributed by atoms with Crippen molar-refractivity contribution in [2.75, 3.05) is 26.8 Å². The topological polar surface area (TPSA) is 90.2 Å². The molecular formula is C23H27N3O5S2. The largest absolute Gasteiger partial charge is 0.497 e. The van der Waals surface area contributed by atoms with Crippen molar-refractivity contribution >= 4 is 37.5 Å². The lowest BCUT2D eigenvalue weighted by atomic mass is 9.98. The molecule has 176 valence electrons. The first-order valence-electron chi connectivity index (χ1n) is 10.8. The molecule has 4 rings (SSSR count). The third-order valence-corrected chi connectivity index (χ3v) is 8.81. The lowest BCUT2D eigenvalue weighted by molar-refractivity contribution is -0.122. The van der Waals surface area contributed by atoms with Gasteiger partial charge in [0.2, 0.25) is 10.0 Å². The lowest BCUT2D eigenvalue weighted by Gasteiger charge is -2.29. The van der Waals surface area contributed by atoms with E-state index in [9.17, 15) is 13.2 Å². The monoisotopic (exact) mass is 489 g/mol. The van der Waals surface area contributed by atoms with Crippen LogP contribution in [0.4, 0.5) is 0 Å². The van der Waals surface area contributed by atoms with Crippen LogP contribution < -0.4 is 14.3 Å². The first kappa shape index (κ1) is 23.5. The van der Waals surface area contributed by atoms with Gasteiger partial charge < -0.3 is 14.0 Å². The summed E-state index contributed by atoms with van der Waals surface area (Å²) in [6.45, 7) is 3.10. The number of methoxy groups -OCH3 is 1.